The first-order valence-electron chi connectivity index (χ1n) is 5.74. The number of nitrogens with one attached hydrogen (secondary N) is 1. The molecule has 1 amide bonds. The molecular formula is C13H16NO4-. The molecule has 0 aromatic heterocycles. The van der Waals surface area contributed by atoms with Gasteiger partial charge >= 0.3 is 0 Å². The van der Waals surface area contributed by atoms with Crippen molar-refractivity contribution in [3.05, 3.63) is 24.3 Å². The monoisotopic (exact) mass is 250 g/mol. The quantitative estimate of drug-likeness (QED) is 0.815. The Hall–Kier alpha value is -2.04. The highest BCUT2D eigenvalue weighted by molar-refractivity contribution is 5.92. The lowest BCUT2D eigenvalue weighted by atomic mass is 10.2. The van der Waals surface area contributed by atoms with Gasteiger partial charge in [0.25, 0.3) is 0 Å². The zero-order valence-corrected chi connectivity index (χ0v) is 10.4. The number of rotatable bonds is 6. The molecule has 0 radical (unpaired) electrons. The van der Waals surface area contributed by atoms with E-state index in [0.717, 1.165) is 5.75 Å². The molecule has 0 aliphatic rings. The van der Waals surface area contributed by atoms with Crippen LogP contribution in [-0.4, -0.2) is 18.0 Å². The molecule has 0 fully saturated rings. The number of hydrogen-bond donors (Lipinski definition) is 1. The van der Waals surface area contributed by atoms with Crippen molar-refractivity contribution in [1.82, 2.24) is 0 Å². The standard InChI is InChI=1S/C13H17NO4/c1-9(2)18-11-5-3-10(4-6-11)14-12(15)7-8-13(16)17/h3-6,9H,7-8H2,1-2H3,(H,14,15)(H,16,17)/p-1. The highest BCUT2D eigenvalue weighted by Crippen LogP contribution is 2.17. The van der Waals surface area contributed by atoms with Crippen LogP contribution in [0.5, 0.6) is 5.75 Å². The van der Waals surface area contributed by atoms with Crippen LogP contribution < -0.4 is 15.2 Å². The first kappa shape index (κ1) is 14.0. The molecule has 1 rings (SSSR count). The Kier molecular flexibility index (Phi) is 5.17. The van der Waals surface area contributed by atoms with Crippen molar-refractivity contribution < 1.29 is 19.4 Å². The molecule has 0 bridgehead atoms. The predicted molar refractivity (Wildman–Crippen MR) is 65.1 cm³/mol. The van der Waals surface area contributed by atoms with Gasteiger partial charge in [0.15, 0.2) is 0 Å². The molecule has 0 aliphatic carbocycles. The fraction of sp³-hybridized carbons (Fsp3) is 0.385. The van der Waals surface area contributed by atoms with Crippen molar-refractivity contribution in [2.24, 2.45) is 0 Å². The lowest BCUT2D eigenvalue weighted by molar-refractivity contribution is -0.305. The number of amides is 1. The Labute approximate surface area is 106 Å². The lowest BCUT2D eigenvalue weighted by Crippen LogP contribution is -2.24. The minimum absolute atomic E-state index is 0.0907. The maximum Gasteiger partial charge on any atom is 0.224 e. The van der Waals surface area contributed by atoms with Crippen molar-refractivity contribution >= 4 is 17.6 Å². The molecule has 0 aliphatic heterocycles. The molecule has 1 N–H and O–H groups in total. The summed E-state index contributed by atoms with van der Waals surface area (Å²) in [4.78, 5) is 21.5. The topological polar surface area (TPSA) is 78.5 Å². The Morgan fingerprint density at radius 2 is 1.83 bits per heavy atom. The van der Waals surface area contributed by atoms with Gasteiger partial charge in [0, 0.05) is 18.1 Å². The third kappa shape index (κ3) is 5.34. The number of ether oxygens (including phenoxy) is 1. The zero-order chi connectivity index (χ0) is 13.5. The van der Waals surface area contributed by atoms with Crippen LogP contribution in [-0.2, 0) is 9.59 Å². The van der Waals surface area contributed by atoms with Crippen molar-refractivity contribution in [2.45, 2.75) is 32.8 Å². The number of benzene rings is 1. The van der Waals surface area contributed by atoms with Crippen molar-refractivity contribution in [1.29, 1.82) is 0 Å². The third-order valence-corrected chi connectivity index (χ3v) is 2.07. The second-order valence-corrected chi connectivity index (χ2v) is 4.11. The summed E-state index contributed by atoms with van der Waals surface area (Å²) in [5.74, 6) is -0.861. The van der Waals surface area contributed by atoms with Crippen molar-refractivity contribution in [3.8, 4) is 5.75 Å². The van der Waals surface area contributed by atoms with E-state index in [0.29, 0.717) is 5.69 Å². The van der Waals surface area contributed by atoms with E-state index in [4.69, 9.17) is 4.74 Å². The molecule has 1 aromatic rings. The number of carbonyl (C=O) groups is 2. The molecule has 0 saturated carbocycles. The Morgan fingerprint density at radius 3 is 2.33 bits per heavy atom. The normalized spacial score (nSPS) is 10.2. The van der Waals surface area contributed by atoms with E-state index in [1.54, 1.807) is 24.3 Å². The minimum atomic E-state index is -1.23. The van der Waals surface area contributed by atoms with Crippen LogP contribution in [0.3, 0.4) is 0 Å². The number of carboxylic acid groups (broad SMARTS) is 1. The van der Waals surface area contributed by atoms with Crippen LogP contribution >= 0.6 is 0 Å². The van der Waals surface area contributed by atoms with Gasteiger partial charge in [-0.1, -0.05) is 0 Å². The van der Waals surface area contributed by atoms with E-state index in [9.17, 15) is 14.7 Å². The zero-order valence-electron chi connectivity index (χ0n) is 10.4. The van der Waals surface area contributed by atoms with Crippen LogP contribution in [0, 0.1) is 0 Å². The summed E-state index contributed by atoms with van der Waals surface area (Å²) in [6.07, 6.45) is -0.277. The Balaban J connectivity index is 2.48. The number of carbonyl (C=O) groups excluding carboxylic acids is 2. The highest BCUT2D eigenvalue weighted by Gasteiger charge is 2.03. The summed E-state index contributed by atoms with van der Waals surface area (Å²) in [7, 11) is 0. The van der Waals surface area contributed by atoms with E-state index in [2.05, 4.69) is 5.32 Å². The summed E-state index contributed by atoms with van der Waals surface area (Å²) < 4.78 is 5.45. The number of hydrogen-bond acceptors (Lipinski definition) is 4. The van der Waals surface area contributed by atoms with Gasteiger partial charge < -0.3 is 20.0 Å². The highest BCUT2D eigenvalue weighted by atomic mass is 16.5. The SMILES string of the molecule is CC(C)Oc1ccc(NC(=O)CCC(=O)[O-])cc1. The van der Waals surface area contributed by atoms with E-state index in [1.165, 1.54) is 0 Å². The Morgan fingerprint density at radius 1 is 1.22 bits per heavy atom. The molecular weight excluding hydrogens is 234 g/mol. The van der Waals surface area contributed by atoms with Crippen LogP contribution in [0.4, 0.5) is 5.69 Å². The third-order valence-electron chi connectivity index (χ3n) is 2.07. The van der Waals surface area contributed by atoms with Crippen molar-refractivity contribution in [2.75, 3.05) is 5.32 Å². The van der Waals surface area contributed by atoms with E-state index in [1.807, 2.05) is 13.8 Å². The predicted octanol–water partition coefficient (Wildman–Crippen LogP) is 0.942. The van der Waals surface area contributed by atoms with E-state index >= 15 is 0 Å². The molecule has 0 spiro atoms. The van der Waals surface area contributed by atoms with E-state index in [-0.39, 0.29) is 24.9 Å². The molecule has 5 heteroatoms. The molecule has 0 atom stereocenters. The van der Waals surface area contributed by atoms with Crippen molar-refractivity contribution in [3.63, 3.8) is 0 Å². The van der Waals surface area contributed by atoms with Crippen LogP contribution in [0.2, 0.25) is 0 Å². The number of aliphatic carboxylic acids is 1. The smallest absolute Gasteiger partial charge is 0.224 e. The van der Waals surface area contributed by atoms with Gasteiger partial charge in [-0.15, -0.1) is 0 Å². The van der Waals surface area contributed by atoms with Gasteiger partial charge in [0.05, 0.1) is 6.10 Å². The van der Waals surface area contributed by atoms with E-state index < -0.39 is 5.97 Å². The first-order chi connectivity index (χ1) is 8.47. The fourth-order valence-electron chi connectivity index (χ4n) is 1.33. The summed E-state index contributed by atoms with van der Waals surface area (Å²) in [5, 5.41) is 12.8. The second-order valence-electron chi connectivity index (χ2n) is 4.11. The Bertz CT molecular complexity index is 412. The van der Waals surface area contributed by atoms with Gasteiger partial charge in [-0.2, -0.15) is 0 Å². The van der Waals surface area contributed by atoms with Crippen LogP contribution in [0.1, 0.15) is 26.7 Å². The molecule has 0 saturated heterocycles. The van der Waals surface area contributed by atoms with Crippen LogP contribution in [0.25, 0.3) is 0 Å². The van der Waals surface area contributed by atoms with Gasteiger partial charge in [0.2, 0.25) is 5.91 Å². The summed E-state index contributed by atoms with van der Waals surface area (Å²) in [6.45, 7) is 3.85. The summed E-state index contributed by atoms with van der Waals surface area (Å²) in [5.41, 5.74) is 0.606. The molecule has 5 nitrogen and oxygen atoms in total. The maximum absolute atomic E-state index is 11.3. The van der Waals surface area contributed by atoms with Gasteiger partial charge in [0.1, 0.15) is 5.75 Å². The minimum Gasteiger partial charge on any atom is -0.550 e. The van der Waals surface area contributed by atoms with Gasteiger partial charge in [-0.05, 0) is 44.5 Å². The maximum atomic E-state index is 11.3. The molecule has 0 unspecified atom stereocenters. The summed E-state index contributed by atoms with van der Waals surface area (Å²) in [6, 6.07) is 6.89. The van der Waals surface area contributed by atoms with Crippen LogP contribution in [0.15, 0.2) is 24.3 Å². The molecule has 98 valence electrons. The summed E-state index contributed by atoms with van der Waals surface area (Å²) >= 11 is 0. The average Bonchev–Trinajstić information content (AvgIpc) is 2.28. The lowest BCUT2D eigenvalue weighted by Gasteiger charge is -2.10. The largest absolute Gasteiger partial charge is 0.550 e. The second kappa shape index (κ2) is 6.64. The number of carboxylic acids is 1. The molecule has 0 heterocycles. The molecule has 18 heavy (non-hydrogen) atoms. The molecule has 1 aromatic carbocycles. The first-order valence-corrected chi connectivity index (χ1v) is 5.74. The number of anilines is 1. The average molecular weight is 250 g/mol. The fourth-order valence-corrected chi connectivity index (χ4v) is 1.33. The van der Waals surface area contributed by atoms with Gasteiger partial charge in [-0.25, -0.2) is 0 Å². The van der Waals surface area contributed by atoms with Gasteiger partial charge in [-0.3, -0.25) is 4.79 Å².